The standard InChI is InChI=1S/C10H17NO4/c1-3-4-5-6-15-7-9(10(13)14)11-8(2)12/h3,9H,1,4-7H2,2H3,(H,11,12)(H,13,14). The Bertz CT molecular complexity index is 227. The lowest BCUT2D eigenvalue weighted by atomic mass is 10.3. The van der Waals surface area contributed by atoms with Crippen molar-refractivity contribution in [3.63, 3.8) is 0 Å². The summed E-state index contributed by atoms with van der Waals surface area (Å²) >= 11 is 0. The molecule has 1 atom stereocenters. The van der Waals surface area contributed by atoms with E-state index in [4.69, 9.17) is 9.84 Å². The summed E-state index contributed by atoms with van der Waals surface area (Å²) in [5.74, 6) is -1.47. The van der Waals surface area contributed by atoms with Crippen LogP contribution in [0.1, 0.15) is 19.8 Å². The van der Waals surface area contributed by atoms with Gasteiger partial charge in [-0.3, -0.25) is 4.79 Å². The molecule has 15 heavy (non-hydrogen) atoms. The van der Waals surface area contributed by atoms with E-state index >= 15 is 0 Å². The van der Waals surface area contributed by atoms with Crippen molar-refractivity contribution in [3.05, 3.63) is 12.7 Å². The zero-order valence-electron chi connectivity index (χ0n) is 8.86. The number of aliphatic carboxylic acids is 1. The molecule has 0 rings (SSSR count). The molecule has 0 heterocycles. The lowest BCUT2D eigenvalue weighted by Crippen LogP contribution is -2.43. The smallest absolute Gasteiger partial charge is 0.328 e. The van der Waals surface area contributed by atoms with E-state index in [-0.39, 0.29) is 12.5 Å². The van der Waals surface area contributed by atoms with Crippen LogP contribution in [-0.4, -0.2) is 36.2 Å². The normalized spacial score (nSPS) is 11.8. The van der Waals surface area contributed by atoms with Crippen LogP contribution in [0.15, 0.2) is 12.7 Å². The molecule has 5 heteroatoms. The van der Waals surface area contributed by atoms with E-state index in [1.807, 2.05) is 0 Å². The number of carboxylic acids is 1. The Morgan fingerprint density at radius 1 is 1.60 bits per heavy atom. The minimum Gasteiger partial charge on any atom is -0.480 e. The highest BCUT2D eigenvalue weighted by atomic mass is 16.5. The quantitative estimate of drug-likeness (QED) is 0.458. The molecule has 0 aliphatic heterocycles. The highest BCUT2D eigenvalue weighted by Gasteiger charge is 2.17. The molecule has 2 N–H and O–H groups in total. The zero-order valence-corrected chi connectivity index (χ0v) is 8.86. The van der Waals surface area contributed by atoms with Gasteiger partial charge in [0, 0.05) is 13.5 Å². The summed E-state index contributed by atoms with van der Waals surface area (Å²) in [7, 11) is 0. The number of unbranched alkanes of at least 4 members (excludes halogenated alkanes) is 1. The summed E-state index contributed by atoms with van der Waals surface area (Å²) in [6.07, 6.45) is 3.40. The van der Waals surface area contributed by atoms with Crippen molar-refractivity contribution in [1.82, 2.24) is 5.32 Å². The fraction of sp³-hybridized carbons (Fsp3) is 0.600. The van der Waals surface area contributed by atoms with Crippen molar-refractivity contribution < 1.29 is 19.4 Å². The number of rotatable bonds is 8. The van der Waals surface area contributed by atoms with Crippen molar-refractivity contribution in [1.29, 1.82) is 0 Å². The molecule has 0 fully saturated rings. The molecule has 0 bridgehead atoms. The highest BCUT2D eigenvalue weighted by molar-refractivity contribution is 5.82. The third-order valence-corrected chi connectivity index (χ3v) is 1.66. The van der Waals surface area contributed by atoms with Crippen molar-refractivity contribution in [3.8, 4) is 0 Å². The molecule has 86 valence electrons. The van der Waals surface area contributed by atoms with Crippen molar-refractivity contribution >= 4 is 11.9 Å². The lowest BCUT2D eigenvalue weighted by Gasteiger charge is -2.13. The first kappa shape index (κ1) is 13.6. The van der Waals surface area contributed by atoms with Crippen LogP contribution in [0.3, 0.4) is 0 Å². The fourth-order valence-electron chi connectivity index (χ4n) is 0.951. The molecule has 0 aromatic heterocycles. The summed E-state index contributed by atoms with van der Waals surface area (Å²) in [5.41, 5.74) is 0. The largest absolute Gasteiger partial charge is 0.480 e. The fourth-order valence-corrected chi connectivity index (χ4v) is 0.951. The van der Waals surface area contributed by atoms with Crippen LogP contribution in [0.25, 0.3) is 0 Å². The van der Waals surface area contributed by atoms with Gasteiger partial charge in [-0.05, 0) is 12.8 Å². The predicted molar refractivity (Wildman–Crippen MR) is 55.5 cm³/mol. The van der Waals surface area contributed by atoms with Crippen LogP contribution in [0, 0.1) is 0 Å². The second-order valence-electron chi connectivity index (χ2n) is 3.10. The maximum Gasteiger partial charge on any atom is 0.328 e. The molecule has 0 spiro atoms. The summed E-state index contributed by atoms with van der Waals surface area (Å²) in [6.45, 7) is 5.29. The van der Waals surface area contributed by atoms with E-state index in [9.17, 15) is 9.59 Å². The van der Waals surface area contributed by atoms with Gasteiger partial charge in [-0.2, -0.15) is 0 Å². The van der Waals surface area contributed by atoms with Crippen LogP contribution in [0.5, 0.6) is 0 Å². The third kappa shape index (κ3) is 7.69. The van der Waals surface area contributed by atoms with Gasteiger partial charge in [-0.15, -0.1) is 6.58 Å². The molecule has 0 aliphatic carbocycles. The maximum absolute atomic E-state index is 10.7. The lowest BCUT2D eigenvalue weighted by molar-refractivity contribution is -0.143. The Kier molecular flexibility index (Phi) is 7.27. The minimum atomic E-state index is -1.09. The molecule has 0 radical (unpaired) electrons. The molecular formula is C10H17NO4. The van der Waals surface area contributed by atoms with Crippen molar-refractivity contribution in [2.45, 2.75) is 25.8 Å². The molecule has 1 unspecified atom stereocenters. The average Bonchev–Trinajstić information content (AvgIpc) is 2.15. The SMILES string of the molecule is C=CCCCOCC(NC(C)=O)C(=O)O. The number of hydrogen-bond donors (Lipinski definition) is 2. The van der Waals surface area contributed by atoms with Gasteiger partial charge in [0.05, 0.1) is 6.61 Å². The average molecular weight is 215 g/mol. The zero-order chi connectivity index (χ0) is 11.7. The molecule has 0 saturated carbocycles. The van der Waals surface area contributed by atoms with E-state index in [1.54, 1.807) is 6.08 Å². The van der Waals surface area contributed by atoms with Crippen LogP contribution in [0.4, 0.5) is 0 Å². The van der Waals surface area contributed by atoms with Gasteiger partial charge < -0.3 is 15.2 Å². The van der Waals surface area contributed by atoms with Crippen LogP contribution in [0.2, 0.25) is 0 Å². The molecule has 0 saturated heterocycles. The second-order valence-corrected chi connectivity index (χ2v) is 3.10. The minimum absolute atomic E-state index is 0.00788. The number of hydrogen-bond acceptors (Lipinski definition) is 3. The Hall–Kier alpha value is -1.36. The monoisotopic (exact) mass is 215 g/mol. The molecule has 1 amide bonds. The van der Waals surface area contributed by atoms with Crippen LogP contribution >= 0.6 is 0 Å². The van der Waals surface area contributed by atoms with Gasteiger partial charge in [0.25, 0.3) is 0 Å². The number of carbonyl (C=O) groups excluding carboxylic acids is 1. The highest BCUT2D eigenvalue weighted by Crippen LogP contribution is 1.93. The molecule has 0 aromatic carbocycles. The Morgan fingerprint density at radius 2 is 2.27 bits per heavy atom. The van der Waals surface area contributed by atoms with Crippen LogP contribution < -0.4 is 5.32 Å². The van der Waals surface area contributed by atoms with Crippen molar-refractivity contribution in [2.75, 3.05) is 13.2 Å². The molecule has 0 aromatic rings. The topological polar surface area (TPSA) is 75.6 Å². The maximum atomic E-state index is 10.7. The third-order valence-electron chi connectivity index (χ3n) is 1.66. The summed E-state index contributed by atoms with van der Waals surface area (Å²) in [6, 6.07) is -0.966. The van der Waals surface area contributed by atoms with Gasteiger partial charge in [0.2, 0.25) is 5.91 Å². The summed E-state index contributed by atoms with van der Waals surface area (Å²) in [4.78, 5) is 21.3. The first-order valence-electron chi connectivity index (χ1n) is 4.76. The molecule has 0 aliphatic rings. The number of amides is 1. The number of carboxylic acid groups (broad SMARTS) is 1. The molecular weight excluding hydrogens is 198 g/mol. The summed E-state index contributed by atoms with van der Waals surface area (Å²) in [5, 5.41) is 11.0. The van der Waals surface area contributed by atoms with Gasteiger partial charge in [-0.1, -0.05) is 6.08 Å². The van der Waals surface area contributed by atoms with E-state index in [1.165, 1.54) is 6.92 Å². The Balaban J connectivity index is 3.71. The number of carbonyl (C=O) groups is 2. The van der Waals surface area contributed by atoms with E-state index < -0.39 is 12.0 Å². The second kappa shape index (κ2) is 7.99. The Morgan fingerprint density at radius 3 is 2.73 bits per heavy atom. The van der Waals surface area contributed by atoms with E-state index in [0.29, 0.717) is 6.61 Å². The van der Waals surface area contributed by atoms with Gasteiger partial charge in [0.1, 0.15) is 0 Å². The Labute approximate surface area is 89.1 Å². The number of allylic oxidation sites excluding steroid dienone is 1. The first-order valence-corrected chi connectivity index (χ1v) is 4.76. The first-order chi connectivity index (χ1) is 7.07. The van der Waals surface area contributed by atoms with Crippen LogP contribution in [-0.2, 0) is 14.3 Å². The molecule has 5 nitrogen and oxygen atoms in total. The van der Waals surface area contributed by atoms with Gasteiger partial charge in [0.15, 0.2) is 6.04 Å². The van der Waals surface area contributed by atoms with E-state index in [0.717, 1.165) is 12.8 Å². The number of ether oxygens (including phenoxy) is 1. The summed E-state index contributed by atoms with van der Waals surface area (Å²) < 4.78 is 5.12. The van der Waals surface area contributed by atoms with Gasteiger partial charge >= 0.3 is 5.97 Å². The predicted octanol–water partition coefficient (Wildman–Crippen LogP) is 0.559. The van der Waals surface area contributed by atoms with E-state index in [2.05, 4.69) is 11.9 Å². The van der Waals surface area contributed by atoms with Crippen molar-refractivity contribution in [2.24, 2.45) is 0 Å². The van der Waals surface area contributed by atoms with Gasteiger partial charge in [-0.25, -0.2) is 4.79 Å². The number of nitrogens with one attached hydrogen (secondary N) is 1.